The minimum Gasteiger partial charge on any atom is -0.488 e. The molecule has 17 heavy (non-hydrogen) atoms. The Morgan fingerprint density at radius 2 is 1.76 bits per heavy atom. The lowest BCUT2D eigenvalue weighted by molar-refractivity contribution is -0.188. The lowest BCUT2D eigenvalue weighted by atomic mass is 10.1. The molecule has 2 atom stereocenters. The van der Waals surface area contributed by atoms with Gasteiger partial charge in [0.05, 0.1) is 0 Å². The van der Waals surface area contributed by atoms with Gasteiger partial charge in [-0.2, -0.15) is 0 Å². The van der Waals surface area contributed by atoms with Gasteiger partial charge in [-0.1, -0.05) is 20.8 Å². The van der Waals surface area contributed by atoms with Crippen LogP contribution < -0.4 is 0 Å². The molecule has 2 heterocycles. The topological polar surface area (TPSA) is 27.7 Å². The van der Waals surface area contributed by atoms with Crippen LogP contribution in [0.2, 0.25) is 0 Å². The third-order valence-electron chi connectivity index (χ3n) is 3.51. The lowest BCUT2D eigenvalue weighted by Gasteiger charge is -2.28. The third kappa shape index (κ3) is 2.17. The normalized spacial score (nSPS) is 30.1. The third-order valence-corrected chi connectivity index (χ3v) is 3.51. The fraction of sp³-hybridized carbons (Fsp3) is 0.857. The predicted octanol–water partition coefficient (Wildman–Crippen LogP) is 3.74. The smallest absolute Gasteiger partial charge is 0.211 e. The monoisotopic (exact) mass is 240 g/mol. The quantitative estimate of drug-likeness (QED) is 0.732. The van der Waals surface area contributed by atoms with Crippen LogP contribution in [0, 0.1) is 0 Å². The summed E-state index contributed by atoms with van der Waals surface area (Å²) in [6.45, 7) is 8.51. The van der Waals surface area contributed by atoms with Gasteiger partial charge >= 0.3 is 0 Å². The van der Waals surface area contributed by atoms with E-state index in [1.165, 1.54) is 0 Å². The zero-order valence-corrected chi connectivity index (χ0v) is 11.4. The van der Waals surface area contributed by atoms with Crippen molar-refractivity contribution in [1.29, 1.82) is 0 Å². The van der Waals surface area contributed by atoms with Crippen molar-refractivity contribution in [3.63, 3.8) is 0 Å². The van der Waals surface area contributed by atoms with Crippen molar-refractivity contribution >= 4 is 0 Å². The van der Waals surface area contributed by atoms with Crippen LogP contribution in [-0.2, 0) is 14.2 Å². The minimum absolute atomic E-state index is 0.0167. The van der Waals surface area contributed by atoms with E-state index < -0.39 is 0 Å². The van der Waals surface area contributed by atoms with Gasteiger partial charge in [-0.25, -0.2) is 0 Å². The van der Waals surface area contributed by atoms with E-state index in [2.05, 4.69) is 27.7 Å². The minimum atomic E-state index is -0.387. The van der Waals surface area contributed by atoms with Gasteiger partial charge in [-0.3, -0.25) is 0 Å². The zero-order chi connectivity index (χ0) is 12.5. The summed E-state index contributed by atoms with van der Waals surface area (Å²) in [5.74, 6) is 1.56. The van der Waals surface area contributed by atoms with Crippen LogP contribution in [0.4, 0.5) is 0 Å². The van der Waals surface area contributed by atoms with Crippen molar-refractivity contribution in [1.82, 2.24) is 0 Å². The van der Waals surface area contributed by atoms with E-state index >= 15 is 0 Å². The maximum absolute atomic E-state index is 6.19. The summed E-state index contributed by atoms with van der Waals surface area (Å²) in [6, 6.07) is 0. The van der Waals surface area contributed by atoms with E-state index in [9.17, 15) is 0 Å². The van der Waals surface area contributed by atoms with Gasteiger partial charge in [0.25, 0.3) is 0 Å². The van der Waals surface area contributed by atoms with Crippen LogP contribution in [0.25, 0.3) is 0 Å². The van der Waals surface area contributed by atoms with Crippen molar-refractivity contribution in [2.45, 2.75) is 77.8 Å². The number of hydrogen-bond acceptors (Lipinski definition) is 3. The molecular formula is C14H24O3. The Hall–Kier alpha value is -0.700. The molecule has 0 spiro atoms. The molecule has 2 rings (SSSR count). The number of allylic oxidation sites excluding steroid dienone is 1. The molecule has 0 aliphatic carbocycles. The molecule has 0 amide bonds. The van der Waals surface area contributed by atoms with Crippen molar-refractivity contribution < 1.29 is 14.2 Å². The average molecular weight is 240 g/mol. The summed E-state index contributed by atoms with van der Waals surface area (Å²) in [5, 5.41) is 0. The van der Waals surface area contributed by atoms with E-state index in [0.29, 0.717) is 0 Å². The van der Waals surface area contributed by atoms with Crippen LogP contribution >= 0.6 is 0 Å². The number of hydrogen-bond donors (Lipinski definition) is 0. The van der Waals surface area contributed by atoms with E-state index in [-0.39, 0.29) is 18.0 Å². The van der Waals surface area contributed by atoms with Gasteiger partial charge in [-0.05, 0) is 19.8 Å². The van der Waals surface area contributed by atoms with Gasteiger partial charge in [0.1, 0.15) is 11.9 Å². The first-order valence-electron chi connectivity index (χ1n) is 6.92. The predicted molar refractivity (Wildman–Crippen MR) is 66.4 cm³/mol. The highest BCUT2D eigenvalue weighted by atomic mass is 16.8. The SMILES string of the molecule is CCCC1(CCC)OC2=C(CC)O[C@@H](C)C2O1. The highest BCUT2D eigenvalue weighted by Gasteiger charge is 2.51. The Morgan fingerprint density at radius 1 is 1.12 bits per heavy atom. The number of fused-ring (bicyclic) bond motifs is 1. The molecule has 0 radical (unpaired) electrons. The first-order valence-corrected chi connectivity index (χ1v) is 6.92. The first kappa shape index (κ1) is 12.7. The molecule has 0 aromatic heterocycles. The molecule has 0 aromatic rings. The number of rotatable bonds is 5. The Bertz CT molecular complexity index is 303. The molecule has 1 fully saturated rings. The first-order chi connectivity index (χ1) is 8.15. The molecule has 1 unspecified atom stereocenters. The van der Waals surface area contributed by atoms with Gasteiger partial charge in [0.15, 0.2) is 11.9 Å². The molecule has 2 aliphatic rings. The van der Waals surface area contributed by atoms with Crippen LogP contribution in [0.1, 0.15) is 59.8 Å². The van der Waals surface area contributed by atoms with Gasteiger partial charge in [0.2, 0.25) is 5.79 Å². The van der Waals surface area contributed by atoms with Crippen LogP contribution in [0.3, 0.4) is 0 Å². The number of ether oxygens (including phenoxy) is 3. The van der Waals surface area contributed by atoms with Gasteiger partial charge in [0, 0.05) is 19.3 Å². The molecule has 0 bridgehead atoms. The highest BCUT2D eigenvalue weighted by Crippen LogP contribution is 2.45. The van der Waals surface area contributed by atoms with Gasteiger partial charge in [-0.15, -0.1) is 0 Å². The van der Waals surface area contributed by atoms with Crippen molar-refractivity contribution in [2.75, 3.05) is 0 Å². The standard InChI is InChI=1S/C14H24O3/c1-5-8-14(9-6-2)16-12-10(4)15-11(7-3)13(12)17-14/h10,12H,5-9H2,1-4H3/t10-,12?/m0/s1. The molecule has 2 aliphatic heterocycles. The highest BCUT2D eigenvalue weighted by molar-refractivity contribution is 5.19. The average Bonchev–Trinajstić information content (AvgIpc) is 2.78. The summed E-state index contributed by atoms with van der Waals surface area (Å²) in [4.78, 5) is 0. The molecule has 0 saturated carbocycles. The van der Waals surface area contributed by atoms with E-state index in [1.54, 1.807) is 0 Å². The van der Waals surface area contributed by atoms with Crippen molar-refractivity contribution in [3.8, 4) is 0 Å². The van der Waals surface area contributed by atoms with E-state index in [4.69, 9.17) is 14.2 Å². The Kier molecular flexibility index (Phi) is 3.67. The zero-order valence-electron chi connectivity index (χ0n) is 11.4. The Balaban J connectivity index is 2.20. The molecule has 3 heteroatoms. The summed E-state index contributed by atoms with van der Waals surface area (Å²) in [7, 11) is 0. The fourth-order valence-electron chi connectivity index (χ4n) is 2.80. The van der Waals surface area contributed by atoms with Crippen LogP contribution in [-0.4, -0.2) is 18.0 Å². The second-order valence-corrected chi connectivity index (χ2v) is 5.02. The molecule has 0 N–H and O–H groups in total. The van der Waals surface area contributed by atoms with E-state index in [0.717, 1.165) is 43.6 Å². The maximum Gasteiger partial charge on any atom is 0.211 e. The van der Waals surface area contributed by atoms with Crippen LogP contribution in [0.5, 0.6) is 0 Å². The Labute approximate surface area is 104 Å². The maximum atomic E-state index is 6.19. The largest absolute Gasteiger partial charge is 0.488 e. The second kappa shape index (κ2) is 4.89. The van der Waals surface area contributed by atoms with E-state index in [1.807, 2.05) is 0 Å². The molecule has 98 valence electrons. The van der Waals surface area contributed by atoms with Crippen molar-refractivity contribution in [2.24, 2.45) is 0 Å². The molecular weight excluding hydrogens is 216 g/mol. The molecule has 3 nitrogen and oxygen atoms in total. The summed E-state index contributed by atoms with van der Waals surface area (Å²) >= 11 is 0. The van der Waals surface area contributed by atoms with Crippen LogP contribution in [0.15, 0.2) is 11.5 Å². The Morgan fingerprint density at radius 3 is 2.29 bits per heavy atom. The summed E-state index contributed by atoms with van der Waals surface area (Å²) in [5.41, 5.74) is 0. The second-order valence-electron chi connectivity index (χ2n) is 5.02. The summed E-state index contributed by atoms with van der Waals surface area (Å²) in [6.07, 6.45) is 5.08. The lowest BCUT2D eigenvalue weighted by Crippen LogP contribution is -2.33. The van der Waals surface area contributed by atoms with Crippen molar-refractivity contribution in [3.05, 3.63) is 11.5 Å². The summed E-state index contributed by atoms with van der Waals surface area (Å²) < 4.78 is 18.1. The molecule has 0 aromatic carbocycles. The molecule has 1 saturated heterocycles. The van der Waals surface area contributed by atoms with Gasteiger partial charge < -0.3 is 14.2 Å². The fourth-order valence-corrected chi connectivity index (χ4v) is 2.80.